The molecule has 3 heterocycles. The maximum atomic E-state index is 12.5. The van der Waals surface area contributed by atoms with Crippen LogP contribution in [-0.2, 0) is 0 Å². The topological polar surface area (TPSA) is 87.0 Å². The number of amides is 1. The minimum Gasteiger partial charge on any atom is -0.367 e. The molecule has 7 heteroatoms. The molecule has 2 aromatic heterocycles. The van der Waals surface area contributed by atoms with Crippen molar-refractivity contribution in [2.45, 2.75) is 6.04 Å². The maximum absolute atomic E-state index is 12.5. The minimum absolute atomic E-state index is 0.150. The third kappa shape index (κ3) is 2.55. The summed E-state index contributed by atoms with van der Waals surface area (Å²) < 4.78 is 0.886. The first-order valence-corrected chi connectivity index (χ1v) is 8.45. The summed E-state index contributed by atoms with van der Waals surface area (Å²) in [6.45, 7) is 1.57. The highest BCUT2D eigenvalue weighted by Crippen LogP contribution is 2.39. The minimum atomic E-state index is -0.150. The third-order valence-corrected chi connectivity index (χ3v) is 4.72. The number of nitrogens with zero attached hydrogens (tertiary/aromatic N) is 2. The first-order chi connectivity index (χ1) is 11.6. The van der Waals surface area contributed by atoms with E-state index in [9.17, 15) is 4.79 Å². The molecule has 0 radical (unpaired) electrons. The Bertz CT molecular complexity index is 902. The van der Waals surface area contributed by atoms with E-state index in [4.69, 9.17) is 5.73 Å². The summed E-state index contributed by atoms with van der Waals surface area (Å²) in [5, 5.41) is 3.86. The number of fused-ring (bicyclic) bond motifs is 1. The zero-order valence-electron chi connectivity index (χ0n) is 12.8. The molecule has 122 valence electrons. The second-order valence-electron chi connectivity index (χ2n) is 5.87. The molecule has 0 spiro atoms. The molecule has 6 nitrogen and oxygen atoms in total. The Morgan fingerprint density at radius 2 is 2.08 bits per heavy atom. The molecule has 4 rings (SSSR count). The molecule has 1 aliphatic rings. The zero-order valence-corrected chi connectivity index (χ0v) is 14.4. The van der Waals surface area contributed by atoms with Crippen molar-refractivity contribution in [1.82, 2.24) is 9.97 Å². The molecule has 1 aromatic carbocycles. The van der Waals surface area contributed by atoms with Gasteiger partial charge in [-0.05, 0) is 28.1 Å². The fourth-order valence-electron chi connectivity index (χ4n) is 2.94. The van der Waals surface area contributed by atoms with Crippen LogP contribution >= 0.6 is 15.9 Å². The van der Waals surface area contributed by atoms with E-state index in [-0.39, 0.29) is 11.9 Å². The molecule has 0 bridgehead atoms. The van der Waals surface area contributed by atoms with Crippen molar-refractivity contribution in [2.75, 3.05) is 23.3 Å². The third-order valence-electron chi connectivity index (χ3n) is 4.14. The molecule has 1 fully saturated rings. The van der Waals surface area contributed by atoms with Crippen LogP contribution in [0.15, 0.2) is 47.2 Å². The Morgan fingerprint density at radius 3 is 2.79 bits per heavy atom. The van der Waals surface area contributed by atoms with E-state index in [0.717, 1.165) is 34.3 Å². The second kappa shape index (κ2) is 5.92. The predicted octanol–water partition coefficient (Wildman–Crippen LogP) is 2.73. The maximum Gasteiger partial charge on any atom is 0.255 e. The molecule has 0 atom stereocenters. The van der Waals surface area contributed by atoms with Crippen LogP contribution < -0.4 is 16.0 Å². The van der Waals surface area contributed by atoms with Crippen LogP contribution in [0.25, 0.3) is 11.0 Å². The number of halogens is 1. The van der Waals surface area contributed by atoms with Gasteiger partial charge in [0, 0.05) is 37.1 Å². The number of aromatic nitrogens is 2. The van der Waals surface area contributed by atoms with Crippen molar-refractivity contribution >= 4 is 44.2 Å². The van der Waals surface area contributed by atoms with Crippen LogP contribution in [0, 0.1) is 0 Å². The van der Waals surface area contributed by atoms with E-state index >= 15 is 0 Å². The molecule has 0 unspecified atom stereocenters. The van der Waals surface area contributed by atoms with Crippen LogP contribution in [0.1, 0.15) is 10.4 Å². The number of carbonyl (C=O) groups is 1. The molecule has 4 N–H and O–H groups in total. The summed E-state index contributed by atoms with van der Waals surface area (Å²) in [6, 6.07) is 9.32. The van der Waals surface area contributed by atoms with Crippen LogP contribution in [0.4, 0.5) is 11.4 Å². The standard InChI is InChI=1S/C17H16BrN5O/c18-12-6-20-16-14(15(12)23-8-11(19)9-23)13(7-21-16)22-17(24)10-4-2-1-3-5-10/h1-7,11H,8-9,19H2,(H,20,21)(H,22,24). The largest absolute Gasteiger partial charge is 0.367 e. The number of nitrogens with two attached hydrogens (primary N) is 1. The summed E-state index contributed by atoms with van der Waals surface area (Å²) in [5.41, 5.74) is 8.98. The lowest BCUT2D eigenvalue weighted by molar-refractivity contribution is 0.102. The van der Waals surface area contributed by atoms with Crippen molar-refractivity contribution in [3.8, 4) is 0 Å². The highest BCUT2D eigenvalue weighted by atomic mass is 79.9. The van der Waals surface area contributed by atoms with Crippen molar-refractivity contribution < 1.29 is 4.79 Å². The van der Waals surface area contributed by atoms with Gasteiger partial charge in [0.2, 0.25) is 0 Å². The first kappa shape index (κ1) is 15.2. The SMILES string of the molecule is NC1CN(c2c(Br)cnc3[nH]cc(NC(=O)c4ccccc4)c23)C1. The zero-order chi connectivity index (χ0) is 16.7. The van der Waals surface area contributed by atoms with E-state index in [2.05, 4.69) is 36.1 Å². The fraction of sp³-hybridized carbons (Fsp3) is 0.176. The molecule has 24 heavy (non-hydrogen) atoms. The highest BCUT2D eigenvalue weighted by Gasteiger charge is 2.28. The lowest BCUT2D eigenvalue weighted by Crippen LogP contribution is -2.56. The average molecular weight is 386 g/mol. The Morgan fingerprint density at radius 1 is 1.33 bits per heavy atom. The lowest BCUT2D eigenvalue weighted by Gasteiger charge is -2.39. The van der Waals surface area contributed by atoms with Gasteiger partial charge in [-0.1, -0.05) is 18.2 Å². The number of hydrogen-bond acceptors (Lipinski definition) is 4. The number of H-pyrrole nitrogens is 1. The van der Waals surface area contributed by atoms with E-state index in [1.54, 1.807) is 24.5 Å². The van der Waals surface area contributed by atoms with Gasteiger partial charge in [0.25, 0.3) is 5.91 Å². The van der Waals surface area contributed by atoms with Gasteiger partial charge < -0.3 is 20.9 Å². The van der Waals surface area contributed by atoms with Gasteiger partial charge in [0.05, 0.1) is 21.2 Å². The van der Waals surface area contributed by atoms with Crippen LogP contribution in [-0.4, -0.2) is 35.0 Å². The van der Waals surface area contributed by atoms with Gasteiger partial charge in [0.15, 0.2) is 0 Å². The molecule has 3 aromatic rings. The molecule has 0 saturated carbocycles. The summed E-state index contributed by atoms with van der Waals surface area (Å²) in [6.07, 6.45) is 3.54. The van der Waals surface area contributed by atoms with Crippen molar-refractivity contribution in [3.05, 3.63) is 52.8 Å². The van der Waals surface area contributed by atoms with E-state index in [1.165, 1.54) is 0 Å². The van der Waals surface area contributed by atoms with E-state index in [1.807, 2.05) is 18.2 Å². The number of aromatic amines is 1. The summed E-state index contributed by atoms with van der Waals surface area (Å²) in [5.74, 6) is -0.150. The first-order valence-electron chi connectivity index (χ1n) is 7.66. The van der Waals surface area contributed by atoms with Crippen molar-refractivity contribution in [2.24, 2.45) is 5.73 Å². The highest BCUT2D eigenvalue weighted by molar-refractivity contribution is 9.10. The number of rotatable bonds is 3. The number of hydrogen-bond donors (Lipinski definition) is 3. The molecule has 1 saturated heterocycles. The predicted molar refractivity (Wildman–Crippen MR) is 98.4 cm³/mol. The number of pyridine rings is 1. The van der Waals surface area contributed by atoms with Gasteiger partial charge in [-0.25, -0.2) is 4.98 Å². The van der Waals surface area contributed by atoms with Crippen LogP contribution in [0.3, 0.4) is 0 Å². The number of nitrogens with one attached hydrogen (secondary N) is 2. The van der Waals surface area contributed by atoms with Gasteiger partial charge in [-0.15, -0.1) is 0 Å². The number of carbonyl (C=O) groups excluding carboxylic acids is 1. The molecule has 1 aliphatic heterocycles. The van der Waals surface area contributed by atoms with E-state index in [0.29, 0.717) is 11.3 Å². The quantitative estimate of drug-likeness (QED) is 0.646. The molecular weight excluding hydrogens is 370 g/mol. The fourth-order valence-corrected chi connectivity index (χ4v) is 3.49. The Balaban J connectivity index is 1.74. The lowest BCUT2D eigenvalue weighted by atomic mass is 10.1. The summed E-state index contributed by atoms with van der Waals surface area (Å²) in [4.78, 5) is 22.2. The molecule has 1 amide bonds. The number of benzene rings is 1. The normalized spacial score (nSPS) is 14.7. The Labute approximate surface area is 147 Å². The van der Waals surface area contributed by atoms with Gasteiger partial charge in [-0.3, -0.25) is 4.79 Å². The van der Waals surface area contributed by atoms with Crippen LogP contribution in [0.5, 0.6) is 0 Å². The van der Waals surface area contributed by atoms with Crippen molar-refractivity contribution in [1.29, 1.82) is 0 Å². The Hall–Kier alpha value is -2.38. The van der Waals surface area contributed by atoms with Crippen molar-refractivity contribution in [3.63, 3.8) is 0 Å². The van der Waals surface area contributed by atoms with E-state index < -0.39 is 0 Å². The average Bonchev–Trinajstić information content (AvgIpc) is 2.96. The van der Waals surface area contributed by atoms with Gasteiger partial charge in [-0.2, -0.15) is 0 Å². The Kier molecular flexibility index (Phi) is 3.74. The monoisotopic (exact) mass is 385 g/mol. The second-order valence-corrected chi connectivity index (χ2v) is 6.72. The molecule has 0 aliphatic carbocycles. The van der Waals surface area contributed by atoms with Crippen LogP contribution in [0.2, 0.25) is 0 Å². The number of anilines is 2. The van der Waals surface area contributed by atoms with Gasteiger partial charge >= 0.3 is 0 Å². The molecular formula is C17H16BrN5O. The van der Waals surface area contributed by atoms with Gasteiger partial charge in [0.1, 0.15) is 5.65 Å². The summed E-state index contributed by atoms with van der Waals surface area (Å²) >= 11 is 3.57. The summed E-state index contributed by atoms with van der Waals surface area (Å²) in [7, 11) is 0. The smallest absolute Gasteiger partial charge is 0.255 e.